The Kier molecular flexibility index (Phi) is 6.78. The van der Waals surface area contributed by atoms with Crippen LogP contribution in [0.4, 0.5) is 10.9 Å². The Labute approximate surface area is 183 Å². The highest BCUT2D eigenvalue weighted by molar-refractivity contribution is 7.98. The fourth-order valence-corrected chi connectivity index (χ4v) is 5.11. The van der Waals surface area contributed by atoms with Crippen molar-refractivity contribution < 1.29 is 9.59 Å². The zero-order valence-electron chi connectivity index (χ0n) is 17.0. The summed E-state index contributed by atoms with van der Waals surface area (Å²) in [5, 5.41) is 12.0. The van der Waals surface area contributed by atoms with E-state index in [9.17, 15) is 9.59 Å². The SMILES string of the molecule is CCC(C(=O)Nc1sc(C)c(C)c1C(N)=O)n1c(N)nnc1SCc1ccccc1. The molecule has 2 aromatic heterocycles. The third-order valence-electron chi connectivity index (χ3n) is 4.77. The van der Waals surface area contributed by atoms with Crippen molar-refractivity contribution in [2.24, 2.45) is 5.73 Å². The summed E-state index contributed by atoms with van der Waals surface area (Å²) in [6.07, 6.45) is 0.474. The topological polar surface area (TPSA) is 129 Å². The molecule has 0 bridgehead atoms. The molecule has 0 radical (unpaired) electrons. The number of hydrogen-bond acceptors (Lipinski definition) is 7. The van der Waals surface area contributed by atoms with E-state index in [2.05, 4.69) is 15.5 Å². The van der Waals surface area contributed by atoms with Crippen molar-refractivity contribution in [1.29, 1.82) is 0 Å². The summed E-state index contributed by atoms with van der Waals surface area (Å²) >= 11 is 2.79. The molecule has 3 rings (SSSR count). The van der Waals surface area contributed by atoms with Gasteiger partial charge in [-0.25, -0.2) is 0 Å². The van der Waals surface area contributed by atoms with Crippen molar-refractivity contribution in [2.45, 2.75) is 44.1 Å². The Morgan fingerprint density at radius 3 is 2.57 bits per heavy atom. The van der Waals surface area contributed by atoms with Gasteiger partial charge in [-0.15, -0.1) is 21.5 Å². The molecule has 0 aliphatic heterocycles. The van der Waals surface area contributed by atoms with Crippen LogP contribution in [0, 0.1) is 13.8 Å². The van der Waals surface area contributed by atoms with E-state index in [0.29, 0.717) is 27.9 Å². The lowest BCUT2D eigenvalue weighted by atomic mass is 10.1. The number of nitrogens with two attached hydrogens (primary N) is 2. The molecule has 2 heterocycles. The normalized spacial score (nSPS) is 12.0. The van der Waals surface area contributed by atoms with E-state index in [1.165, 1.54) is 23.1 Å². The van der Waals surface area contributed by atoms with E-state index in [0.717, 1.165) is 16.0 Å². The number of aryl methyl sites for hydroxylation is 1. The van der Waals surface area contributed by atoms with Crippen molar-refractivity contribution in [3.8, 4) is 0 Å². The molecule has 0 aliphatic rings. The van der Waals surface area contributed by atoms with Gasteiger partial charge in [-0.2, -0.15) is 0 Å². The molecule has 1 atom stereocenters. The number of thioether (sulfide) groups is 1. The highest BCUT2D eigenvalue weighted by Gasteiger charge is 2.27. The van der Waals surface area contributed by atoms with Gasteiger partial charge >= 0.3 is 0 Å². The van der Waals surface area contributed by atoms with Gasteiger partial charge in [0.1, 0.15) is 11.0 Å². The third kappa shape index (κ3) is 4.49. The van der Waals surface area contributed by atoms with E-state index in [4.69, 9.17) is 11.5 Å². The quantitative estimate of drug-likeness (QED) is 0.456. The molecule has 0 fully saturated rings. The molecule has 0 saturated carbocycles. The number of nitrogen functional groups attached to an aromatic ring is 1. The number of thiophene rings is 1. The van der Waals surface area contributed by atoms with Gasteiger partial charge in [-0.05, 0) is 31.4 Å². The fourth-order valence-electron chi connectivity index (χ4n) is 3.09. The molecule has 1 aromatic carbocycles. The van der Waals surface area contributed by atoms with E-state index in [-0.39, 0.29) is 11.9 Å². The standard InChI is InChI=1S/C20H24N6O2S2/c1-4-14(17(28)23-18-15(16(21)27)11(2)12(3)30-18)26-19(22)24-25-20(26)29-10-13-8-6-5-7-9-13/h5-9,14H,4,10H2,1-3H3,(H2,21,27)(H2,22,24)(H,23,28). The van der Waals surface area contributed by atoms with Gasteiger partial charge in [0.15, 0.2) is 5.16 Å². The lowest BCUT2D eigenvalue weighted by Crippen LogP contribution is -2.28. The molecule has 158 valence electrons. The Hall–Kier alpha value is -2.85. The minimum Gasteiger partial charge on any atom is -0.368 e. The maximum absolute atomic E-state index is 13.1. The third-order valence-corrected chi connectivity index (χ3v) is 6.91. The molecule has 0 aliphatic carbocycles. The Bertz CT molecular complexity index is 1060. The summed E-state index contributed by atoms with van der Waals surface area (Å²) in [6, 6.07) is 9.32. The van der Waals surface area contributed by atoms with Crippen molar-refractivity contribution in [2.75, 3.05) is 11.1 Å². The van der Waals surface area contributed by atoms with Crippen LogP contribution in [-0.2, 0) is 10.5 Å². The smallest absolute Gasteiger partial charge is 0.251 e. The predicted molar refractivity (Wildman–Crippen MR) is 121 cm³/mol. The molecule has 0 spiro atoms. The Morgan fingerprint density at radius 2 is 1.93 bits per heavy atom. The second kappa shape index (κ2) is 9.31. The van der Waals surface area contributed by atoms with Gasteiger partial charge in [0.05, 0.1) is 5.56 Å². The lowest BCUT2D eigenvalue weighted by Gasteiger charge is -2.19. The molecule has 30 heavy (non-hydrogen) atoms. The van der Waals surface area contributed by atoms with Crippen molar-refractivity contribution in [1.82, 2.24) is 14.8 Å². The first-order valence-electron chi connectivity index (χ1n) is 9.41. The van der Waals surface area contributed by atoms with E-state index in [1.807, 2.05) is 51.1 Å². The van der Waals surface area contributed by atoms with Crippen LogP contribution in [0.5, 0.6) is 0 Å². The molecule has 8 nitrogen and oxygen atoms in total. The van der Waals surface area contributed by atoms with Crippen molar-refractivity contribution in [3.05, 3.63) is 51.9 Å². The first-order valence-corrected chi connectivity index (χ1v) is 11.2. The zero-order valence-corrected chi connectivity index (χ0v) is 18.6. The van der Waals surface area contributed by atoms with E-state index in [1.54, 1.807) is 4.57 Å². The second-order valence-corrected chi connectivity index (χ2v) is 8.92. The minimum absolute atomic E-state index is 0.168. The Balaban J connectivity index is 1.84. The maximum Gasteiger partial charge on any atom is 0.251 e. The van der Waals surface area contributed by atoms with Crippen LogP contribution in [0.3, 0.4) is 0 Å². The van der Waals surface area contributed by atoms with Gasteiger partial charge in [0.25, 0.3) is 5.91 Å². The first-order chi connectivity index (χ1) is 14.3. The number of rotatable bonds is 8. The molecule has 2 amide bonds. The molecule has 10 heteroatoms. The number of anilines is 2. The number of primary amides is 1. The number of aromatic nitrogens is 3. The van der Waals surface area contributed by atoms with Gasteiger partial charge in [0, 0.05) is 10.6 Å². The molecular formula is C20H24N6O2S2. The van der Waals surface area contributed by atoms with Crippen LogP contribution in [0.1, 0.15) is 45.7 Å². The number of carbonyl (C=O) groups is 2. The summed E-state index contributed by atoms with van der Waals surface area (Å²) < 4.78 is 1.64. The number of hydrogen-bond donors (Lipinski definition) is 3. The molecule has 1 unspecified atom stereocenters. The molecule has 3 aromatic rings. The average Bonchev–Trinajstić information content (AvgIpc) is 3.21. The minimum atomic E-state index is -0.623. The average molecular weight is 445 g/mol. The van der Waals surface area contributed by atoms with Crippen LogP contribution in [-0.4, -0.2) is 26.6 Å². The summed E-state index contributed by atoms with van der Waals surface area (Å²) in [5.41, 5.74) is 13.8. The fraction of sp³-hybridized carbons (Fsp3) is 0.300. The summed E-state index contributed by atoms with van der Waals surface area (Å²) in [5.74, 6) is -0.0229. The lowest BCUT2D eigenvalue weighted by molar-refractivity contribution is -0.119. The van der Waals surface area contributed by atoms with Crippen molar-refractivity contribution >= 4 is 45.9 Å². The number of amides is 2. The highest BCUT2D eigenvalue weighted by atomic mass is 32.2. The van der Waals surface area contributed by atoms with Crippen molar-refractivity contribution in [3.63, 3.8) is 0 Å². The highest BCUT2D eigenvalue weighted by Crippen LogP contribution is 2.34. The van der Waals surface area contributed by atoms with Gasteiger partial charge < -0.3 is 16.8 Å². The van der Waals surface area contributed by atoms with Crippen LogP contribution in [0.2, 0.25) is 0 Å². The monoisotopic (exact) mass is 444 g/mol. The predicted octanol–water partition coefficient (Wildman–Crippen LogP) is 3.52. The van der Waals surface area contributed by atoms with Gasteiger partial charge in [-0.1, -0.05) is 49.0 Å². The van der Waals surface area contributed by atoms with Crippen LogP contribution >= 0.6 is 23.1 Å². The van der Waals surface area contributed by atoms with Crippen LogP contribution in [0.25, 0.3) is 0 Å². The van der Waals surface area contributed by atoms with E-state index >= 15 is 0 Å². The molecule has 0 saturated heterocycles. The molecule has 5 N–H and O–H groups in total. The summed E-state index contributed by atoms with van der Waals surface area (Å²) in [6.45, 7) is 5.58. The van der Waals surface area contributed by atoms with Crippen LogP contribution in [0.15, 0.2) is 35.5 Å². The van der Waals surface area contributed by atoms with E-state index < -0.39 is 11.9 Å². The maximum atomic E-state index is 13.1. The number of benzene rings is 1. The van der Waals surface area contributed by atoms with Gasteiger partial charge in [-0.3, -0.25) is 14.2 Å². The summed E-state index contributed by atoms with van der Waals surface area (Å²) in [4.78, 5) is 25.9. The second-order valence-electron chi connectivity index (χ2n) is 6.75. The summed E-state index contributed by atoms with van der Waals surface area (Å²) in [7, 11) is 0. The van der Waals surface area contributed by atoms with Gasteiger partial charge in [0.2, 0.25) is 11.9 Å². The zero-order chi connectivity index (χ0) is 21.8. The first kappa shape index (κ1) is 21.8. The molecular weight excluding hydrogens is 420 g/mol. The largest absolute Gasteiger partial charge is 0.368 e. The number of nitrogens with zero attached hydrogens (tertiary/aromatic N) is 3. The Morgan fingerprint density at radius 1 is 1.23 bits per heavy atom. The van der Waals surface area contributed by atoms with Crippen LogP contribution < -0.4 is 16.8 Å². The number of nitrogens with one attached hydrogen (secondary N) is 1. The number of carbonyl (C=O) groups excluding carboxylic acids is 2.